The minimum atomic E-state index is 0.639. The van der Waals surface area contributed by atoms with Crippen molar-refractivity contribution in [2.45, 2.75) is 6.92 Å². The lowest BCUT2D eigenvalue weighted by Crippen LogP contribution is -1.94. The van der Waals surface area contributed by atoms with Crippen LogP contribution in [0.25, 0.3) is 16.9 Å². The van der Waals surface area contributed by atoms with Gasteiger partial charge in [0.1, 0.15) is 5.69 Å². The molecule has 4 heteroatoms. The zero-order chi connectivity index (χ0) is 13.9. The molecule has 0 unspecified atom stereocenters. The van der Waals surface area contributed by atoms with Gasteiger partial charge in [0.2, 0.25) is 0 Å². The summed E-state index contributed by atoms with van der Waals surface area (Å²) >= 11 is 0. The summed E-state index contributed by atoms with van der Waals surface area (Å²) in [5.74, 6) is 0. The first-order valence-corrected chi connectivity index (χ1v) is 6.26. The van der Waals surface area contributed by atoms with Gasteiger partial charge < -0.3 is 0 Å². The summed E-state index contributed by atoms with van der Waals surface area (Å²) in [6.07, 6.45) is 1.88. The van der Waals surface area contributed by atoms with E-state index >= 15 is 0 Å². The minimum absolute atomic E-state index is 0.639. The van der Waals surface area contributed by atoms with Crippen LogP contribution in [0.2, 0.25) is 0 Å². The van der Waals surface area contributed by atoms with Crippen molar-refractivity contribution in [3.05, 3.63) is 65.9 Å². The molecule has 1 heterocycles. The molecule has 0 saturated heterocycles. The third-order valence-electron chi connectivity index (χ3n) is 3.10. The second kappa shape index (κ2) is 4.98. The predicted molar refractivity (Wildman–Crippen MR) is 76.2 cm³/mol. The van der Waals surface area contributed by atoms with Crippen LogP contribution in [0.1, 0.15) is 11.1 Å². The number of hydrogen-bond donors (Lipinski definition) is 0. The number of nitriles is 1. The first kappa shape index (κ1) is 12.1. The molecule has 20 heavy (non-hydrogen) atoms. The topological polar surface area (TPSA) is 54.5 Å². The van der Waals surface area contributed by atoms with Gasteiger partial charge in [0.25, 0.3) is 0 Å². The first-order chi connectivity index (χ1) is 9.76. The average Bonchev–Trinajstić information content (AvgIpc) is 2.98. The van der Waals surface area contributed by atoms with Crippen molar-refractivity contribution in [3.63, 3.8) is 0 Å². The van der Waals surface area contributed by atoms with Crippen LogP contribution in [-0.4, -0.2) is 15.0 Å². The molecule has 2 aromatic carbocycles. The molecule has 0 amide bonds. The van der Waals surface area contributed by atoms with E-state index in [1.165, 1.54) is 5.56 Å². The van der Waals surface area contributed by atoms with Gasteiger partial charge in [-0.25, -0.2) is 4.68 Å². The van der Waals surface area contributed by atoms with E-state index < -0.39 is 0 Å². The quantitative estimate of drug-likeness (QED) is 0.711. The zero-order valence-electron chi connectivity index (χ0n) is 11.0. The second-order valence-electron chi connectivity index (χ2n) is 4.57. The first-order valence-electron chi connectivity index (χ1n) is 6.26. The van der Waals surface area contributed by atoms with Crippen LogP contribution >= 0.6 is 0 Å². The van der Waals surface area contributed by atoms with Gasteiger partial charge in [0.15, 0.2) is 0 Å². The predicted octanol–water partition coefficient (Wildman–Crippen LogP) is 3.11. The molecule has 0 saturated carbocycles. The minimum Gasteiger partial charge on any atom is -0.220 e. The molecule has 3 aromatic rings. The maximum Gasteiger partial charge on any atom is 0.113 e. The number of nitrogens with zero attached hydrogens (tertiary/aromatic N) is 4. The van der Waals surface area contributed by atoms with Crippen LogP contribution in [-0.2, 0) is 0 Å². The lowest BCUT2D eigenvalue weighted by Gasteiger charge is -1.99. The number of aromatic nitrogens is 3. The summed E-state index contributed by atoms with van der Waals surface area (Å²) in [5, 5.41) is 17.1. The Morgan fingerprint density at radius 3 is 2.35 bits per heavy atom. The molecule has 3 rings (SSSR count). The molecule has 1 aromatic heterocycles. The molecule has 96 valence electrons. The molecular weight excluding hydrogens is 248 g/mol. The van der Waals surface area contributed by atoms with Crippen molar-refractivity contribution in [2.24, 2.45) is 0 Å². The van der Waals surface area contributed by atoms with Crippen molar-refractivity contribution < 1.29 is 0 Å². The van der Waals surface area contributed by atoms with Crippen molar-refractivity contribution in [3.8, 4) is 23.0 Å². The van der Waals surface area contributed by atoms with Crippen LogP contribution in [0.15, 0.2) is 54.7 Å². The molecule has 0 bridgehead atoms. The monoisotopic (exact) mass is 260 g/mol. The smallest absolute Gasteiger partial charge is 0.113 e. The highest BCUT2D eigenvalue weighted by molar-refractivity contribution is 5.59. The average molecular weight is 260 g/mol. The Kier molecular flexibility index (Phi) is 3.02. The number of benzene rings is 2. The van der Waals surface area contributed by atoms with Crippen molar-refractivity contribution in [2.75, 3.05) is 0 Å². The SMILES string of the molecule is Cc1ccc(-n2cc(-c3ccc(C#N)cc3)nn2)cc1. The Hall–Kier alpha value is -2.93. The highest BCUT2D eigenvalue weighted by Crippen LogP contribution is 2.18. The Bertz CT molecular complexity index is 761. The Morgan fingerprint density at radius 1 is 1.00 bits per heavy atom. The maximum atomic E-state index is 8.79. The number of hydrogen-bond acceptors (Lipinski definition) is 3. The fourth-order valence-corrected chi connectivity index (χ4v) is 1.94. The van der Waals surface area contributed by atoms with Crippen LogP contribution in [0.3, 0.4) is 0 Å². The molecule has 0 spiro atoms. The van der Waals surface area contributed by atoms with Crippen molar-refractivity contribution >= 4 is 0 Å². The fourth-order valence-electron chi connectivity index (χ4n) is 1.94. The Labute approximate surface area is 116 Å². The third kappa shape index (κ3) is 2.29. The highest BCUT2D eigenvalue weighted by Gasteiger charge is 2.05. The van der Waals surface area contributed by atoms with Crippen molar-refractivity contribution in [1.82, 2.24) is 15.0 Å². The zero-order valence-corrected chi connectivity index (χ0v) is 11.0. The van der Waals surface area contributed by atoms with Gasteiger partial charge in [0.05, 0.1) is 23.5 Å². The van der Waals surface area contributed by atoms with Gasteiger partial charge in [-0.1, -0.05) is 35.0 Å². The molecule has 0 radical (unpaired) electrons. The van der Waals surface area contributed by atoms with E-state index in [4.69, 9.17) is 5.26 Å². The van der Waals surface area contributed by atoms with Crippen LogP contribution in [0, 0.1) is 18.3 Å². The van der Waals surface area contributed by atoms with Crippen LogP contribution in [0.4, 0.5) is 0 Å². The number of aryl methyl sites for hydroxylation is 1. The van der Waals surface area contributed by atoms with Gasteiger partial charge in [-0.05, 0) is 31.2 Å². The van der Waals surface area contributed by atoms with E-state index in [1.807, 2.05) is 49.5 Å². The lowest BCUT2D eigenvalue weighted by molar-refractivity contribution is 0.803. The molecule has 0 aliphatic rings. The van der Waals surface area contributed by atoms with Crippen molar-refractivity contribution in [1.29, 1.82) is 5.26 Å². The molecule has 0 N–H and O–H groups in total. The molecule has 0 aliphatic heterocycles. The third-order valence-corrected chi connectivity index (χ3v) is 3.10. The summed E-state index contributed by atoms with van der Waals surface area (Å²) in [7, 11) is 0. The summed E-state index contributed by atoms with van der Waals surface area (Å²) < 4.78 is 1.74. The van der Waals surface area contributed by atoms with E-state index in [9.17, 15) is 0 Å². The van der Waals surface area contributed by atoms with Gasteiger partial charge in [-0.2, -0.15) is 5.26 Å². The molecule has 0 aliphatic carbocycles. The lowest BCUT2D eigenvalue weighted by atomic mass is 10.1. The van der Waals surface area contributed by atoms with E-state index in [-0.39, 0.29) is 0 Å². The molecule has 0 fully saturated rings. The second-order valence-corrected chi connectivity index (χ2v) is 4.57. The fraction of sp³-hybridized carbons (Fsp3) is 0.0625. The molecular formula is C16H12N4. The van der Waals surface area contributed by atoms with Gasteiger partial charge in [-0.15, -0.1) is 5.10 Å². The Morgan fingerprint density at radius 2 is 1.70 bits per heavy atom. The maximum absolute atomic E-state index is 8.79. The summed E-state index contributed by atoms with van der Waals surface area (Å²) in [6.45, 7) is 2.05. The normalized spacial score (nSPS) is 10.2. The van der Waals surface area contributed by atoms with E-state index in [0.717, 1.165) is 16.9 Å². The Balaban J connectivity index is 1.93. The summed E-state index contributed by atoms with van der Waals surface area (Å²) in [4.78, 5) is 0. The molecule has 0 atom stereocenters. The standard InChI is InChI=1S/C16H12N4/c1-12-2-8-15(9-3-12)20-11-16(18-19-20)14-6-4-13(10-17)5-7-14/h2-9,11H,1H3. The molecule has 4 nitrogen and oxygen atoms in total. The largest absolute Gasteiger partial charge is 0.220 e. The summed E-state index contributed by atoms with van der Waals surface area (Å²) in [6, 6.07) is 17.5. The van der Waals surface area contributed by atoms with Gasteiger partial charge in [0, 0.05) is 5.56 Å². The van der Waals surface area contributed by atoms with Crippen LogP contribution < -0.4 is 0 Å². The van der Waals surface area contributed by atoms with E-state index in [1.54, 1.807) is 16.8 Å². The van der Waals surface area contributed by atoms with Gasteiger partial charge >= 0.3 is 0 Å². The van der Waals surface area contributed by atoms with Crippen LogP contribution in [0.5, 0.6) is 0 Å². The van der Waals surface area contributed by atoms with E-state index in [2.05, 4.69) is 16.4 Å². The highest BCUT2D eigenvalue weighted by atomic mass is 15.4. The van der Waals surface area contributed by atoms with E-state index in [0.29, 0.717) is 5.56 Å². The van der Waals surface area contributed by atoms with Gasteiger partial charge in [-0.3, -0.25) is 0 Å². The summed E-state index contributed by atoms with van der Waals surface area (Å²) in [5.41, 5.74) is 4.56. The number of rotatable bonds is 2.